The Morgan fingerprint density at radius 3 is 2.70 bits per heavy atom. The number of esters is 1. The van der Waals surface area contributed by atoms with Crippen molar-refractivity contribution in [1.82, 2.24) is 0 Å². The summed E-state index contributed by atoms with van der Waals surface area (Å²) >= 11 is 0. The molecular formula is C22H32O5. The van der Waals surface area contributed by atoms with Gasteiger partial charge in [0.15, 0.2) is 0 Å². The highest BCUT2D eigenvalue weighted by molar-refractivity contribution is 5.66. The Labute approximate surface area is 161 Å². The van der Waals surface area contributed by atoms with E-state index < -0.39 is 17.1 Å². The molecule has 0 radical (unpaired) electrons. The summed E-state index contributed by atoms with van der Waals surface area (Å²) in [5.74, 6) is 0.743. The van der Waals surface area contributed by atoms with Crippen molar-refractivity contribution in [2.24, 2.45) is 22.7 Å². The normalized spacial score (nSPS) is 45.4. The molecule has 3 aliphatic carbocycles. The summed E-state index contributed by atoms with van der Waals surface area (Å²) in [4.78, 5) is 11.9. The number of carbonyl (C=O) groups excluding carboxylic acids is 1. The van der Waals surface area contributed by atoms with Crippen LogP contribution in [0.4, 0.5) is 0 Å². The quantitative estimate of drug-likeness (QED) is 0.734. The third kappa shape index (κ3) is 2.34. The van der Waals surface area contributed by atoms with E-state index in [9.17, 15) is 15.0 Å². The lowest BCUT2D eigenvalue weighted by Gasteiger charge is -2.68. The smallest absolute Gasteiger partial charge is 0.302 e. The maximum absolute atomic E-state index is 12.1. The minimum absolute atomic E-state index is 0.00679. The summed E-state index contributed by atoms with van der Waals surface area (Å²) in [5, 5.41) is 23.2. The highest BCUT2D eigenvalue weighted by Crippen LogP contribution is 2.67. The van der Waals surface area contributed by atoms with Gasteiger partial charge in [0.05, 0.1) is 18.0 Å². The van der Waals surface area contributed by atoms with Gasteiger partial charge >= 0.3 is 5.97 Å². The zero-order valence-corrected chi connectivity index (χ0v) is 17.0. The molecule has 2 fully saturated rings. The van der Waals surface area contributed by atoms with E-state index >= 15 is 0 Å². The molecule has 2 saturated carbocycles. The average Bonchev–Trinajstić information content (AvgIpc) is 3.03. The van der Waals surface area contributed by atoms with E-state index in [1.54, 1.807) is 6.26 Å². The molecule has 0 aromatic carbocycles. The highest BCUT2D eigenvalue weighted by atomic mass is 16.5. The van der Waals surface area contributed by atoms with Crippen LogP contribution < -0.4 is 0 Å². The lowest BCUT2D eigenvalue weighted by molar-refractivity contribution is -0.296. The summed E-state index contributed by atoms with van der Waals surface area (Å²) in [6, 6.07) is 2.00. The molecule has 5 heteroatoms. The number of rotatable bonds is 1. The zero-order valence-electron chi connectivity index (χ0n) is 17.0. The van der Waals surface area contributed by atoms with Crippen LogP contribution in [0.25, 0.3) is 0 Å². The molecular weight excluding hydrogens is 344 g/mol. The molecule has 0 saturated heterocycles. The number of aliphatic hydroxyl groups is 2. The summed E-state index contributed by atoms with van der Waals surface area (Å²) in [6.45, 7) is 9.80. The second kappa shape index (κ2) is 5.84. The van der Waals surface area contributed by atoms with Crippen LogP contribution in [0.5, 0.6) is 0 Å². The Morgan fingerprint density at radius 2 is 2.04 bits per heavy atom. The van der Waals surface area contributed by atoms with Crippen LogP contribution in [0.1, 0.15) is 71.1 Å². The highest BCUT2D eigenvalue weighted by Gasteiger charge is 2.71. The summed E-state index contributed by atoms with van der Waals surface area (Å²) in [5.41, 5.74) is -0.994. The van der Waals surface area contributed by atoms with Crippen molar-refractivity contribution >= 4 is 5.97 Å². The van der Waals surface area contributed by atoms with E-state index in [4.69, 9.17) is 9.15 Å². The molecule has 0 amide bonds. The second-order valence-corrected chi connectivity index (χ2v) is 9.91. The first-order valence-corrected chi connectivity index (χ1v) is 10.2. The van der Waals surface area contributed by atoms with Crippen molar-refractivity contribution in [2.75, 3.05) is 0 Å². The predicted octanol–water partition coefficient (Wildman–Crippen LogP) is 3.43. The number of aliphatic hydroxyl groups excluding tert-OH is 1. The first kappa shape index (κ1) is 19.0. The summed E-state index contributed by atoms with van der Waals surface area (Å²) in [7, 11) is 0. The van der Waals surface area contributed by atoms with Gasteiger partial charge in [-0.2, -0.15) is 0 Å². The Balaban J connectivity index is 1.88. The Bertz CT molecular complexity index is 752. The second-order valence-electron chi connectivity index (χ2n) is 9.91. The number of carbonyl (C=O) groups is 1. The molecule has 4 rings (SSSR count). The van der Waals surface area contributed by atoms with Gasteiger partial charge in [-0.15, -0.1) is 0 Å². The molecule has 0 spiro atoms. The first-order chi connectivity index (χ1) is 12.5. The fraction of sp³-hybridized carbons (Fsp3) is 0.773. The van der Waals surface area contributed by atoms with Crippen LogP contribution in [0.2, 0.25) is 0 Å². The van der Waals surface area contributed by atoms with Gasteiger partial charge in [-0.3, -0.25) is 4.79 Å². The SMILES string of the molecule is CC(=O)O[C@H]1CCC(C)(C)[C@]2(O)C[C@H](O)[C@H]3[C@H](C)c4ccoc4C[C@@H]3[C@@]12C. The number of hydrogen-bond acceptors (Lipinski definition) is 5. The first-order valence-electron chi connectivity index (χ1n) is 10.2. The van der Waals surface area contributed by atoms with Crippen LogP contribution >= 0.6 is 0 Å². The minimum Gasteiger partial charge on any atom is -0.469 e. The van der Waals surface area contributed by atoms with Gasteiger partial charge < -0.3 is 19.4 Å². The van der Waals surface area contributed by atoms with Crippen molar-refractivity contribution in [3.63, 3.8) is 0 Å². The Hall–Kier alpha value is -1.33. The van der Waals surface area contributed by atoms with Crippen LogP contribution in [0.15, 0.2) is 16.7 Å². The monoisotopic (exact) mass is 376 g/mol. The van der Waals surface area contributed by atoms with E-state index in [0.29, 0.717) is 12.8 Å². The van der Waals surface area contributed by atoms with Gasteiger partial charge in [0, 0.05) is 25.2 Å². The van der Waals surface area contributed by atoms with Gasteiger partial charge in [0.1, 0.15) is 11.9 Å². The molecule has 1 aromatic heterocycles. The van der Waals surface area contributed by atoms with Crippen LogP contribution in [0, 0.1) is 22.7 Å². The number of furan rings is 1. The molecule has 2 N–H and O–H groups in total. The van der Waals surface area contributed by atoms with Gasteiger partial charge in [0.25, 0.3) is 0 Å². The number of ether oxygens (including phenoxy) is 1. The zero-order chi connectivity index (χ0) is 19.8. The predicted molar refractivity (Wildman–Crippen MR) is 100 cm³/mol. The molecule has 0 aliphatic heterocycles. The minimum atomic E-state index is -1.12. The summed E-state index contributed by atoms with van der Waals surface area (Å²) in [6.07, 6.45) is 3.20. The van der Waals surface area contributed by atoms with Crippen LogP contribution in [0.3, 0.4) is 0 Å². The van der Waals surface area contributed by atoms with E-state index in [0.717, 1.165) is 24.2 Å². The molecule has 0 unspecified atom stereocenters. The average molecular weight is 376 g/mol. The molecule has 150 valence electrons. The van der Waals surface area contributed by atoms with Crippen LogP contribution in [-0.4, -0.2) is 34.0 Å². The fourth-order valence-electron chi connectivity index (χ4n) is 6.88. The molecule has 1 heterocycles. The van der Waals surface area contributed by atoms with Crippen molar-refractivity contribution < 1.29 is 24.2 Å². The van der Waals surface area contributed by atoms with E-state index in [2.05, 4.69) is 27.7 Å². The fourth-order valence-corrected chi connectivity index (χ4v) is 6.88. The van der Waals surface area contributed by atoms with Gasteiger partial charge in [-0.05, 0) is 47.6 Å². The molecule has 0 bridgehead atoms. The largest absolute Gasteiger partial charge is 0.469 e. The standard InChI is InChI=1S/C22H32O5/c1-12-14-7-9-26-17(14)10-15-19(12)16(24)11-22(25)20(3,4)8-6-18(21(15,22)5)27-13(2)23/h7,9,12,15-16,18-19,24-25H,6,8,10-11H2,1-5H3/t12-,15+,16+,18+,19+,21+,22-/m1/s1. The van der Waals surface area contributed by atoms with E-state index in [-0.39, 0.29) is 35.2 Å². The van der Waals surface area contributed by atoms with Gasteiger partial charge in [-0.1, -0.05) is 27.7 Å². The van der Waals surface area contributed by atoms with E-state index in [1.165, 1.54) is 6.92 Å². The van der Waals surface area contributed by atoms with Crippen molar-refractivity contribution in [1.29, 1.82) is 0 Å². The number of fused-ring (bicyclic) bond motifs is 4. The third-order valence-corrected chi connectivity index (χ3v) is 8.46. The maximum Gasteiger partial charge on any atom is 0.302 e. The van der Waals surface area contributed by atoms with Crippen LogP contribution in [-0.2, 0) is 16.0 Å². The topological polar surface area (TPSA) is 79.9 Å². The number of hydrogen-bond donors (Lipinski definition) is 2. The Kier molecular flexibility index (Phi) is 4.11. The molecule has 7 atom stereocenters. The molecule has 5 nitrogen and oxygen atoms in total. The molecule has 3 aliphatic rings. The Morgan fingerprint density at radius 1 is 1.33 bits per heavy atom. The van der Waals surface area contributed by atoms with E-state index in [1.807, 2.05) is 6.07 Å². The molecule has 1 aromatic rings. The van der Waals surface area contributed by atoms with Crippen molar-refractivity contribution in [3.8, 4) is 0 Å². The van der Waals surface area contributed by atoms with Crippen molar-refractivity contribution in [3.05, 3.63) is 23.7 Å². The van der Waals surface area contributed by atoms with Crippen molar-refractivity contribution in [2.45, 2.75) is 84.0 Å². The summed E-state index contributed by atoms with van der Waals surface area (Å²) < 4.78 is 11.6. The lowest BCUT2D eigenvalue weighted by Crippen LogP contribution is -2.73. The maximum atomic E-state index is 12.1. The molecule has 27 heavy (non-hydrogen) atoms. The lowest BCUT2D eigenvalue weighted by atomic mass is 9.40. The third-order valence-electron chi connectivity index (χ3n) is 8.46. The van der Waals surface area contributed by atoms with Gasteiger partial charge in [-0.25, -0.2) is 0 Å². The van der Waals surface area contributed by atoms with Gasteiger partial charge in [0.2, 0.25) is 0 Å².